The van der Waals surface area contributed by atoms with Gasteiger partial charge in [-0.1, -0.05) is 61.1 Å². The van der Waals surface area contributed by atoms with Crippen molar-refractivity contribution in [3.63, 3.8) is 0 Å². The first kappa shape index (κ1) is 16.7. The molecule has 2 rings (SSSR count). The van der Waals surface area contributed by atoms with Crippen LogP contribution < -0.4 is 5.19 Å². The van der Waals surface area contributed by atoms with E-state index < -0.39 is 8.07 Å². The number of aryl methyl sites for hydroxylation is 1. The molecule has 0 saturated carbocycles. The summed E-state index contributed by atoms with van der Waals surface area (Å²) in [6.45, 7) is 12.8. The fourth-order valence-corrected chi connectivity index (χ4v) is 5.22. The Bertz CT molecular complexity index is 430. The van der Waals surface area contributed by atoms with Crippen molar-refractivity contribution in [1.29, 1.82) is 0 Å². The van der Waals surface area contributed by atoms with Gasteiger partial charge in [0.2, 0.25) is 0 Å². The second kappa shape index (κ2) is 7.08. The van der Waals surface area contributed by atoms with E-state index in [1.54, 1.807) is 5.19 Å². The highest BCUT2D eigenvalue weighted by Crippen LogP contribution is 2.31. The predicted octanol–water partition coefficient (Wildman–Crippen LogP) is 3.74. The van der Waals surface area contributed by atoms with E-state index in [1.165, 1.54) is 18.0 Å². The molecule has 0 spiro atoms. The van der Waals surface area contributed by atoms with Gasteiger partial charge in [0.25, 0.3) is 0 Å². The first-order valence-corrected chi connectivity index (χ1v) is 11.4. The molecule has 1 aliphatic heterocycles. The minimum atomic E-state index is -1.31. The lowest BCUT2D eigenvalue weighted by Gasteiger charge is -2.40. The third kappa shape index (κ3) is 4.41. The standard InChI is InChI=1S/C18H30O2Si/c1-5-18(14-20-15-18)13-19-11-6-12-21(3,4)17-9-7-16(2)8-10-17/h7-10H,5-6,11-15H2,1-4H3. The maximum atomic E-state index is 5.92. The molecule has 1 aliphatic rings. The van der Waals surface area contributed by atoms with Crippen LogP contribution in [0, 0.1) is 12.3 Å². The molecule has 0 radical (unpaired) electrons. The lowest BCUT2D eigenvalue weighted by atomic mass is 9.84. The van der Waals surface area contributed by atoms with Crippen molar-refractivity contribution < 1.29 is 9.47 Å². The number of hydrogen-bond donors (Lipinski definition) is 0. The van der Waals surface area contributed by atoms with Crippen LogP contribution in [0.5, 0.6) is 0 Å². The fourth-order valence-electron chi connectivity index (χ4n) is 2.83. The molecular formula is C18H30O2Si. The SMILES string of the molecule is CCC1(COCCC[Si](C)(C)c2ccc(C)cc2)COC1. The summed E-state index contributed by atoms with van der Waals surface area (Å²) in [5, 5.41) is 1.56. The zero-order valence-corrected chi connectivity index (χ0v) is 15.1. The van der Waals surface area contributed by atoms with Crippen LogP contribution in [0.15, 0.2) is 24.3 Å². The average Bonchev–Trinajstić information content (AvgIpc) is 2.41. The minimum Gasteiger partial charge on any atom is -0.381 e. The second-order valence-electron chi connectivity index (χ2n) is 7.25. The number of benzene rings is 1. The highest BCUT2D eigenvalue weighted by Gasteiger charge is 2.36. The Labute approximate surface area is 130 Å². The van der Waals surface area contributed by atoms with E-state index in [1.807, 2.05) is 0 Å². The maximum absolute atomic E-state index is 5.92. The molecule has 3 heteroatoms. The van der Waals surface area contributed by atoms with Crippen molar-refractivity contribution in [1.82, 2.24) is 0 Å². The molecule has 1 heterocycles. The maximum Gasteiger partial charge on any atom is 0.0807 e. The molecule has 118 valence electrons. The first-order chi connectivity index (χ1) is 9.97. The molecule has 0 atom stereocenters. The minimum absolute atomic E-state index is 0.323. The summed E-state index contributed by atoms with van der Waals surface area (Å²) in [6.07, 6.45) is 2.34. The largest absolute Gasteiger partial charge is 0.381 e. The van der Waals surface area contributed by atoms with Gasteiger partial charge < -0.3 is 9.47 Å². The van der Waals surface area contributed by atoms with E-state index in [-0.39, 0.29) is 0 Å². The Morgan fingerprint density at radius 3 is 2.38 bits per heavy atom. The van der Waals surface area contributed by atoms with E-state index >= 15 is 0 Å². The average molecular weight is 307 g/mol. The Morgan fingerprint density at radius 1 is 1.19 bits per heavy atom. The summed E-state index contributed by atoms with van der Waals surface area (Å²) in [5.41, 5.74) is 1.67. The van der Waals surface area contributed by atoms with Crippen LogP contribution in [0.2, 0.25) is 19.1 Å². The van der Waals surface area contributed by atoms with Crippen LogP contribution in [-0.4, -0.2) is 34.5 Å². The van der Waals surface area contributed by atoms with Gasteiger partial charge in [-0.05, 0) is 19.8 Å². The van der Waals surface area contributed by atoms with Gasteiger partial charge in [0.05, 0.1) is 27.9 Å². The summed E-state index contributed by atoms with van der Waals surface area (Å²) in [6, 6.07) is 10.4. The quantitative estimate of drug-likeness (QED) is 0.538. The first-order valence-electron chi connectivity index (χ1n) is 8.20. The predicted molar refractivity (Wildman–Crippen MR) is 92.1 cm³/mol. The van der Waals surface area contributed by atoms with E-state index in [0.717, 1.165) is 32.8 Å². The molecule has 1 aromatic rings. The van der Waals surface area contributed by atoms with Crippen LogP contribution in [0.3, 0.4) is 0 Å². The van der Waals surface area contributed by atoms with Gasteiger partial charge in [0, 0.05) is 12.0 Å². The number of hydrogen-bond acceptors (Lipinski definition) is 2. The smallest absolute Gasteiger partial charge is 0.0807 e. The zero-order chi connectivity index (χ0) is 15.3. The summed E-state index contributed by atoms with van der Waals surface area (Å²) < 4.78 is 11.3. The van der Waals surface area contributed by atoms with E-state index in [4.69, 9.17) is 9.47 Å². The highest BCUT2D eigenvalue weighted by atomic mass is 28.3. The molecule has 0 amide bonds. The summed E-state index contributed by atoms with van der Waals surface area (Å²) in [4.78, 5) is 0. The Hall–Kier alpha value is -0.643. The van der Waals surface area contributed by atoms with Crippen LogP contribution in [0.25, 0.3) is 0 Å². The lowest BCUT2D eigenvalue weighted by molar-refractivity contribution is -0.150. The van der Waals surface area contributed by atoms with Crippen LogP contribution in [0.4, 0.5) is 0 Å². The fraction of sp³-hybridized carbons (Fsp3) is 0.667. The molecular weight excluding hydrogens is 276 g/mol. The number of rotatable bonds is 8. The molecule has 1 aromatic carbocycles. The Balaban J connectivity index is 1.71. The van der Waals surface area contributed by atoms with Crippen molar-refractivity contribution in [2.24, 2.45) is 5.41 Å². The van der Waals surface area contributed by atoms with E-state index in [0.29, 0.717) is 5.41 Å². The van der Waals surface area contributed by atoms with Gasteiger partial charge in [0.15, 0.2) is 0 Å². The van der Waals surface area contributed by atoms with Crippen molar-refractivity contribution in [2.75, 3.05) is 26.4 Å². The molecule has 0 aliphatic carbocycles. The summed E-state index contributed by atoms with van der Waals surface area (Å²) >= 11 is 0. The van der Waals surface area contributed by atoms with Gasteiger partial charge in [-0.2, -0.15) is 0 Å². The van der Waals surface area contributed by atoms with Crippen molar-refractivity contribution in [2.45, 2.75) is 45.8 Å². The van der Waals surface area contributed by atoms with Crippen molar-refractivity contribution in [3.05, 3.63) is 29.8 Å². The molecule has 2 nitrogen and oxygen atoms in total. The normalized spacial score (nSPS) is 17.5. The molecule has 0 N–H and O–H groups in total. The van der Waals surface area contributed by atoms with E-state index in [2.05, 4.69) is 51.2 Å². The van der Waals surface area contributed by atoms with Gasteiger partial charge in [-0.3, -0.25) is 0 Å². The summed E-state index contributed by atoms with van der Waals surface area (Å²) in [7, 11) is -1.31. The third-order valence-corrected chi connectivity index (χ3v) is 8.40. The monoisotopic (exact) mass is 306 g/mol. The molecule has 21 heavy (non-hydrogen) atoms. The van der Waals surface area contributed by atoms with Crippen LogP contribution in [0.1, 0.15) is 25.3 Å². The molecule has 1 fully saturated rings. The molecule has 0 bridgehead atoms. The van der Waals surface area contributed by atoms with Crippen molar-refractivity contribution in [3.8, 4) is 0 Å². The van der Waals surface area contributed by atoms with Gasteiger partial charge >= 0.3 is 0 Å². The van der Waals surface area contributed by atoms with E-state index in [9.17, 15) is 0 Å². The Morgan fingerprint density at radius 2 is 1.86 bits per heavy atom. The van der Waals surface area contributed by atoms with Gasteiger partial charge in [0.1, 0.15) is 0 Å². The Kier molecular flexibility index (Phi) is 5.64. The van der Waals surface area contributed by atoms with Crippen LogP contribution in [-0.2, 0) is 9.47 Å². The van der Waals surface area contributed by atoms with Crippen molar-refractivity contribution >= 4 is 13.3 Å². The van der Waals surface area contributed by atoms with Gasteiger partial charge in [-0.25, -0.2) is 0 Å². The second-order valence-corrected chi connectivity index (χ2v) is 12.1. The number of ether oxygens (including phenoxy) is 2. The zero-order valence-electron chi connectivity index (χ0n) is 14.1. The van der Waals surface area contributed by atoms with Crippen LogP contribution >= 0.6 is 0 Å². The van der Waals surface area contributed by atoms with Gasteiger partial charge in [-0.15, -0.1) is 0 Å². The summed E-state index contributed by atoms with van der Waals surface area (Å²) in [5.74, 6) is 0. The lowest BCUT2D eigenvalue weighted by Crippen LogP contribution is -2.46. The topological polar surface area (TPSA) is 18.5 Å². The third-order valence-electron chi connectivity index (χ3n) is 4.90. The molecule has 0 aromatic heterocycles. The molecule has 0 unspecified atom stereocenters. The molecule has 1 saturated heterocycles. The highest BCUT2D eigenvalue weighted by molar-refractivity contribution is 6.89.